The predicted molar refractivity (Wildman–Crippen MR) is 69.1 cm³/mol. The van der Waals surface area contributed by atoms with Crippen LogP contribution in [0.15, 0.2) is 39.0 Å². The molecule has 0 radical (unpaired) electrons. The zero-order valence-corrected chi connectivity index (χ0v) is 11.2. The summed E-state index contributed by atoms with van der Waals surface area (Å²) >= 11 is 1.08. The van der Waals surface area contributed by atoms with Crippen LogP contribution in [0.25, 0.3) is 0 Å². The molecule has 0 aliphatic rings. The van der Waals surface area contributed by atoms with Gasteiger partial charge in [0, 0.05) is 6.07 Å². The van der Waals surface area contributed by atoms with Crippen molar-refractivity contribution in [2.75, 3.05) is 0 Å². The molecule has 19 heavy (non-hydrogen) atoms. The molecule has 2 rings (SSSR count). The third-order valence-corrected chi connectivity index (χ3v) is 3.38. The molecule has 0 unspecified atom stereocenters. The number of aryl methyl sites for hydroxylation is 1. The minimum Gasteiger partial charge on any atom is -0.439 e. The second kappa shape index (κ2) is 5.41. The van der Waals surface area contributed by atoms with E-state index in [1.165, 1.54) is 12.3 Å². The largest absolute Gasteiger partial charge is 0.439 e. The average Bonchev–Trinajstić information content (AvgIpc) is 2.74. The molecule has 1 aromatic carbocycles. The molecule has 0 aliphatic heterocycles. The number of benzene rings is 1. The van der Waals surface area contributed by atoms with E-state index in [1.54, 1.807) is 26.0 Å². The van der Waals surface area contributed by atoms with Gasteiger partial charge in [0.25, 0.3) is 10.9 Å². The number of nitrogens with zero attached hydrogens (tertiary/aromatic N) is 2. The monoisotopic (exact) mass is 280 g/mol. The Balaban J connectivity index is 2.36. The molecule has 0 saturated carbocycles. The van der Waals surface area contributed by atoms with Crippen molar-refractivity contribution in [3.63, 3.8) is 0 Å². The lowest BCUT2D eigenvalue weighted by molar-refractivity contribution is -0.387. The molecule has 0 amide bonds. The summed E-state index contributed by atoms with van der Waals surface area (Å²) in [6, 6.07) is 4.60. The maximum atomic E-state index is 11.1. The normalized spacial score (nSPS) is 12.4. The predicted octanol–water partition coefficient (Wildman–Crippen LogP) is 3.10. The van der Waals surface area contributed by atoms with Crippen molar-refractivity contribution in [2.45, 2.75) is 30.1 Å². The fourth-order valence-corrected chi connectivity index (χ4v) is 2.34. The second-order valence-electron chi connectivity index (χ2n) is 4.02. The van der Waals surface area contributed by atoms with E-state index in [9.17, 15) is 15.2 Å². The smallest absolute Gasteiger partial charge is 0.283 e. The zero-order chi connectivity index (χ0) is 14.0. The molecule has 1 atom stereocenters. The minimum atomic E-state index is -0.748. The lowest BCUT2D eigenvalue weighted by Crippen LogP contribution is -1.96. The van der Waals surface area contributed by atoms with Crippen molar-refractivity contribution in [3.05, 3.63) is 45.8 Å². The summed E-state index contributed by atoms with van der Waals surface area (Å²) in [4.78, 5) is 15.1. The van der Waals surface area contributed by atoms with Crippen molar-refractivity contribution in [2.24, 2.45) is 0 Å². The van der Waals surface area contributed by atoms with E-state index in [4.69, 9.17) is 4.42 Å². The molecular weight excluding hydrogens is 268 g/mol. The van der Waals surface area contributed by atoms with E-state index in [0.29, 0.717) is 21.4 Å². The summed E-state index contributed by atoms with van der Waals surface area (Å²) in [5, 5.41) is 20.9. The van der Waals surface area contributed by atoms with E-state index < -0.39 is 11.0 Å². The van der Waals surface area contributed by atoms with Crippen LogP contribution in [-0.4, -0.2) is 15.0 Å². The van der Waals surface area contributed by atoms with Gasteiger partial charge in [-0.1, -0.05) is 6.07 Å². The zero-order valence-electron chi connectivity index (χ0n) is 10.4. The first kappa shape index (κ1) is 13.6. The van der Waals surface area contributed by atoms with Gasteiger partial charge < -0.3 is 9.52 Å². The molecule has 1 N–H and O–H groups in total. The number of rotatable bonds is 4. The van der Waals surface area contributed by atoms with E-state index in [0.717, 1.165) is 11.8 Å². The second-order valence-corrected chi connectivity index (χ2v) is 5.01. The Morgan fingerprint density at radius 1 is 1.53 bits per heavy atom. The van der Waals surface area contributed by atoms with E-state index in [-0.39, 0.29) is 5.69 Å². The number of hydrogen-bond acceptors (Lipinski definition) is 6. The quantitative estimate of drug-likeness (QED) is 0.683. The maximum Gasteiger partial charge on any atom is 0.283 e. The lowest BCUT2D eigenvalue weighted by Gasteiger charge is -2.06. The third kappa shape index (κ3) is 3.12. The molecule has 2 aromatic rings. The molecule has 1 aromatic heterocycles. The van der Waals surface area contributed by atoms with E-state index in [1.807, 2.05) is 0 Å². The summed E-state index contributed by atoms with van der Waals surface area (Å²) in [5.41, 5.74) is 1.14. The topological polar surface area (TPSA) is 89.4 Å². The van der Waals surface area contributed by atoms with Crippen LogP contribution in [-0.2, 0) is 0 Å². The van der Waals surface area contributed by atoms with Crippen LogP contribution in [0.2, 0.25) is 0 Å². The number of nitro groups is 1. The number of aliphatic hydroxyl groups excluding tert-OH is 1. The molecule has 0 saturated heterocycles. The van der Waals surface area contributed by atoms with Gasteiger partial charge in [0.05, 0.1) is 21.6 Å². The molecule has 0 spiro atoms. The molecular formula is C12H12N2O4S. The Morgan fingerprint density at radius 2 is 2.26 bits per heavy atom. The summed E-state index contributed by atoms with van der Waals surface area (Å²) in [6.07, 6.45) is 0.736. The lowest BCUT2D eigenvalue weighted by atomic mass is 10.1. The van der Waals surface area contributed by atoms with Gasteiger partial charge in [0.2, 0.25) is 0 Å². The number of oxazole rings is 1. The Bertz CT molecular complexity index is 610. The highest BCUT2D eigenvalue weighted by molar-refractivity contribution is 7.99. The average molecular weight is 280 g/mol. The van der Waals surface area contributed by atoms with Crippen molar-refractivity contribution in [1.82, 2.24) is 4.98 Å². The highest BCUT2D eigenvalue weighted by Crippen LogP contribution is 2.35. The Labute approximate surface area is 113 Å². The fourth-order valence-electron chi connectivity index (χ4n) is 1.50. The first-order valence-electron chi connectivity index (χ1n) is 5.53. The van der Waals surface area contributed by atoms with E-state index >= 15 is 0 Å². The van der Waals surface area contributed by atoms with Gasteiger partial charge in [0.1, 0.15) is 6.26 Å². The van der Waals surface area contributed by atoms with Gasteiger partial charge in [-0.3, -0.25) is 10.1 Å². The van der Waals surface area contributed by atoms with Crippen molar-refractivity contribution >= 4 is 17.4 Å². The number of nitro benzene ring substituents is 1. The van der Waals surface area contributed by atoms with Gasteiger partial charge in [-0.2, -0.15) is 0 Å². The fraction of sp³-hybridized carbons (Fsp3) is 0.250. The molecule has 0 aliphatic carbocycles. The molecule has 7 heteroatoms. The van der Waals surface area contributed by atoms with Crippen LogP contribution >= 0.6 is 11.8 Å². The molecule has 0 bridgehead atoms. The summed E-state index contributed by atoms with van der Waals surface area (Å²) in [5.74, 6) is 0. The number of hydrogen-bond donors (Lipinski definition) is 1. The van der Waals surface area contributed by atoms with Gasteiger partial charge in [0.15, 0.2) is 0 Å². The molecule has 1 heterocycles. The summed E-state index contributed by atoms with van der Waals surface area (Å²) < 4.78 is 5.16. The Morgan fingerprint density at radius 3 is 2.79 bits per heavy atom. The van der Waals surface area contributed by atoms with Crippen LogP contribution in [0.4, 0.5) is 5.69 Å². The van der Waals surface area contributed by atoms with Crippen LogP contribution in [0.3, 0.4) is 0 Å². The summed E-state index contributed by atoms with van der Waals surface area (Å²) in [7, 11) is 0. The molecule has 6 nitrogen and oxygen atoms in total. The first-order chi connectivity index (χ1) is 8.97. The summed E-state index contributed by atoms with van der Waals surface area (Å²) in [6.45, 7) is 3.34. The van der Waals surface area contributed by atoms with Crippen LogP contribution in [0, 0.1) is 17.0 Å². The van der Waals surface area contributed by atoms with Crippen molar-refractivity contribution in [3.8, 4) is 0 Å². The third-order valence-electron chi connectivity index (χ3n) is 2.46. The SMILES string of the molecule is Cc1coc(Sc2ccc([C@@H](C)O)cc2[N+](=O)[O-])n1. The van der Waals surface area contributed by atoms with Crippen LogP contribution < -0.4 is 0 Å². The van der Waals surface area contributed by atoms with Crippen molar-refractivity contribution in [1.29, 1.82) is 0 Å². The van der Waals surface area contributed by atoms with Gasteiger partial charge >= 0.3 is 0 Å². The van der Waals surface area contributed by atoms with Crippen LogP contribution in [0.1, 0.15) is 24.3 Å². The Kier molecular flexibility index (Phi) is 3.87. The van der Waals surface area contributed by atoms with Gasteiger partial charge in [-0.15, -0.1) is 0 Å². The van der Waals surface area contributed by atoms with Crippen LogP contribution in [0.5, 0.6) is 0 Å². The highest BCUT2D eigenvalue weighted by Gasteiger charge is 2.18. The standard InChI is InChI=1S/C12H12N2O4S/c1-7-6-18-12(13-7)19-11-4-3-9(8(2)15)5-10(11)14(16)17/h3-6,8,15H,1-2H3/t8-/m1/s1. The first-order valence-corrected chi connectivity index (χ1v) is 6.35. The van der Waals surface area contributed by atoms with E-state index in [2.05, 4.69) is 4.98 Å². The van der Waals surface area contributed by atoms with Gasteiger partial charge in [-0.05, 0) is 37.2 Å². The molecule has 0 fully saturated rings. The maximum absolute atomic E-state index is 11.1. The van der Waals surface area contributed by atoms with Crippen molar-refractivity contribution < 1.29 is 14.4 Å². The number of aliphatic hydroxyl groups is 1. The molecule has 100 valence electrons. The minimum absolute atomic E-state index is 0.0701. The Hall–Kier alpha value is -1.86. The highest BCUT2D eigenvalue weighted by atomic mass is 32.2. The number of aromatic nitrogens is 1. The van der Waals surface area contributed by atoms with Gasteiger partial charge in [-0.25, -0.2) is 4.98 Å².